The number of fused-ring (bicyclic) bond motifs is 3. The fourth-order valence-electron chi connectivity index (χ4n) is 1.36. The molecule has 0 bridgehead atoms. The summed E-state index contributed by atoms with van der Waals surface area (Å²) in [4.78, 5) is 14.2. The van der Waals surface area contributed by atoms with Crippen molar-refractivity contribution >= 4 is 11.9 Å². The molecule has 1 aliphatic heterocycles. The first-order valence-corrected chi connectivity index (χ1v) is 4.09. The van der Waals surface area contributed by atoms with Crippen molar-refractivity contribution in [3.05, 3.63) is 24.5 Å². The largest absolute Gasteiger partial charge is 0.344 e. The number of rotatable bonds is 0. The highest BCUT2D eigenvalue weighted by molar-refractivity contribution is 5.74. The summed E-state index contributed by atoms with van der Waals surface area (Å²) >= 11 is 0. The van der Waals surface area contributed by atoms with E-state index in [4.69, 9.17) is 0 Å². The summed E-state index contributed by atoms with van der Waals surface area (Å²) in [6.07, 6.45) is 6.63. The van der Waals surface area contributed by atoms with Crippen molar-refractivity contribution in [2.75, 3.05) is 0 Å². The zero-order valence-electron chi connectivity index (χ0n) is 7.10. The summed E-state index contributed by atoms with van der Waals surface area (Å²) in [5.74, 6) is 0.558. The van der Waals surface area contributed by atoms with Crippen LogP contribution in [0.2, 0.25) is 0 Å². The highest BCUT2D eigenvalue weighted by Crippen LogP contribution is 2.29. The van der Waals surface area contributed by atoms with Gasteiger partial charge in [-0.25, -0.2) is 9.97 Å². The van der Waals surface area contributed by atoms with E-state index in [2.05, 4.69) is 30.2 Å². The first-order valence-electron chi connectivity index (χ1n) is 4.09. The van der Waals surface area contributed by atoms with Crippen LogP contribution in [0.15, 0.2) is 29.1 Å². The number of azo groups is 1. The van der Waals surface area contributed by atoms with Gasteiger partial charge >= 0.3 is 0 Å². The Kier molecular flexibility index (Phi) is 1.35. The molecule has 2 aromatic heterocycles. The van der Waals surface area contributed by atoms with Gasteiger partial charge in [-0.1, -0.05) is 0 Å². The number of hydrogen-bond acceptors (Lipinski definition) is 4. The lowest BCUT2D eigenvalue weighted by molar-refractivity contribution is 1.17. The number of nitrogens with zero attached hydrogens (tertiary/aromatic N) is 4. The molecule has 2 aromatic rings. The maximum absolute atomic E-state index is 4.19. The fourth-order valence-corrected chi connectivity index (χ4v) is 1.36. The molecule has 0 amide bonds. The van der Waals surface area contributed by atoms with Gasteiger partial charge in [-0.15, -0.1) is 5.11 Å². The molecule has 3 rings (SSSR count). The lowest BCUT2D eigenvalue weighted by Gasteiger charge is -1.97. The molecule has 0 unspecified atom stereocenters. The number of hydrogen-bond donors (Lipinski definition) is 2. The molecular formula is C8H6N6. The molecule has 0 saturated heterocycles. The molecule has 0 saturated carbocycles. The van der Waals surface area contributed by atoms with Gasteiger partial charge in [0.2, 0.25) is 5.82 Å². The van der Waals surface area contributed by atoms with Gasteiger partial charge in [0.05, 0.1) is 24.5 Å². The van der Waals surface area contributed by atoms with Crippen LogP contribution in [0, 0.1) is 0 Å². The second-order valence-corrected chi connectivity index (χ2v) is 2.80. The fraction of sp³-hybridized carbons (Fsp3) is 0. The zero-order chi connectivity index (χ0) is 9.38. The molecule has 1 aliphatic rings. The summed E-state index contributed by atoms with van der Waals surface area (Å²) in [7, 11) is 0. The van der Waals surface area contributed by atoms with Crippen LogP contribution in [0.5, 0.6) is 0 Å². The molecular weight excluding hydrogens is 180 g/mol. The average Bonchev–Trinajstić information content (AvgIpc) is 2.75. The summed E-state index contributed by atoms with van der Waals surface area (Å²) in [5, 5.41) is 7.76. The summed E-state index contributed by atoms with van der Waals surface area (Å²) < 4.78 is 0. The predicted octanol–water partition coefficient (Wildman–Crippen LogP) is 1.87. The van der Waals surface area contributed by atoms with Gasteiger partial charge in [0.25, 0.3) is 0 Å². The molecule has 0 atom stereocenters. The van der Waals surface area contributed by atoms with Crippen molar-refractivity contribution in [1.82, 2.24) is 19.9 Å². The minimum atomic E-state index is 0.558. The van der Waals surface area contributed by atoms with Crippen molar-refractivity contribution < 1.29 is 0 Å². The van der Waals surface area contributed by atoms with E-state index in [1.807, 2.05) is 6.08 Å². The summed E-state index contributed by atoms with van der Waals surface area (Å²) in [6, 6.07) is 0. The van der Waals surface area contributed by atoms with E-state index in [0.29, 0.717) is 5.82 Å². The minimum absolute atomic E-state index is 0.558. The Hall–Kier alpha value is -2.24. The van der Waals surface area contributed by atoms with E-state index in [-0.39, 0.29) is 0 Å². The maximum Gasteiger partial charge on any atom is 0.201 e. The lowest BCUT2D eigenvalue weighted by atomic mass is 10.2. The number of aromatic amines is 2. The Morgan fingerprint density at radius 1 is 1.07 bits per heavy atom. The predicted molar refractivity (Wildman–Crippen MR) is 49.7 cm³/mol. The molecule has 6 heteroatoms. The van der Waals surface area contributed by atoms with E-state index in [1.165, 1.54) is 0 Å². The van der Waals surface area contributed by atoms with Gasteiger partial charge in [0, 0.05) is 0 Å². The van der Waals surface area contributed by atoms with Gasteiger partial charge < -0.3 is 9.97 Å². The third kappa shape index (κ3) is 0.905. The van der Waals surface area contributed by atoms with Crippen LogP contribution in [0.3, 0.4) is 0 Å². The van der Waals surface area contributed by atoms with Gasteiger partial charge in [-0.2, -0.15) is 5.11 Å². The van der Waals surface area contributed by atoms with E-state index < -0.39 is 0 Å². The third-order valence-electron chi connectivity index (χ3n) is 1.99. The third-order valence-corrected chi connectivity index (χ3v) is 1.99. The molecule has 6 nitrogen and oxygen atoms in total. The Labute approximate surface area is 78.8 Å². The van der Waals surface area contributed by atoms with Crippen LogP contribution < -0.4 is 0 Å². The highest BCUT2D eigenvalue weighted by Gasteiger charge is 2.14. The standard InChI is InChI=1S/C8H6N6/c1-2-13-14-8-7(11-4-12-8)6-5(1)9-3-10-6/h1-4H,(H,9,10)(H,11,12,14). The van der Waals surface area contributed by atoms with Crippen LogP contribution in [0.1, 0.15) is 5.69 Å². The Balaban J connectivity index is 2.33. The molecule has 0 fully saturated rings. The molecule has 3 heterocycles. The van der Waals surface area contributed by atoms with Crippen molar-refractivity contribution in [3.8, 4) is 11.4 Å². The number of aromatic nitrogens is 4. The van der Waals surface area contributed by atoms with Crippen molar-refractivity contribution in [1.29, 1.82) is 0 Å². The van der Waals surface area contributed by atoms with Crippen LogP contribution >= 0.6 is 0 Å². The average molecular weight is 186 g/mol. The minimum Gasteiger partial charge on any atom is -0.344 e. The monoisotopic (exact) mass is 186 g/mol. The first-order chi connectivity index (χ1) is 6.95. The van der Waals surface area contributed by atoms with E-state index in [1.54, 1.807) is 18.9 Å². The molecule has 0 spiro atoms. The highest BCUT2D eigenvalue weighted by atomic mass is 15.2. The van der Waals surface area contributed by atoms with Crippen LogP contribution in [-0.4, -0.2) is 19.9 Å². The SMILES string of the molecule is C1=Cc2[nH]cnc2-c2[nH]cnc2N=N1. The lowest BCUT2D eigenvalue weighted by Crippen LogP contribution is -1.83. The van der Waals surface area contributed by atoms with Crippen LogP contribution in [0.25, 0.3) is 17.5 Å². The first kappa shape index (κ1) is 7.19. The quantitative estimate of drug-likeness (QED) is 0.658. The molecule has 2 N–H and O–H groups in total. The summed E-state index contributed by atoms with van der Waals surface area (Å²) in [6.45, 7) is 0. The normalized spacial score (nSPS) is 13.1. The van der Waals surface area contributed by atoms with Gasteiger partial charge in [-0.05, 0) is 6.08 Å². The Bertz CT molecular complexity index is 469. The topological polar surface area (TPSA) is 82.1 Å². The molecule has 68 valence electrons. The number of nitrogens with one attached hydrogen (secondary N) is 2. The van der Waals surface area contributed by atoms with Crippen molar-refractivity contribution in [3.63, 3.8) is 0 Å². The second-order valence-electron chi connectivity index (χ2n) is 2.80. The zero-order valence-corrected chi connectivity index (χ0v) is 7.10. The number of H-pyrrole nitrogens is 2. The molecule has 0 aromatic carbocycles. The van der Waals surface area contributed by atoms with Gasteiger partial charge in [0.15, 0.2) is 0 Å². The van der Waals surface area contributed by atoms with Crippen molar-refractivity contribution in [2.24, 2.45) is 10.2 Å². The second kappa shape index (κ2) is 2.63. The summed E-state index contributed by atoms with van der Waals surface area (Å²) in [5.41, 5.74) is 2.50. The van der Waals surface area contributed by atoms with Crippen LogP contribution in [-0.2, 0) is 0 Å². The van der Waals surface area contributed by atoms with Gasteiger partial charge in [-0.3, -0.25) is 0 Å². The van der Waals surface area contributed by atoms with E-state index in [9.17, 15) is 0 Å². The van der Waals surface area contributed by atoms with Crippen molar-refractivity contribution in [2.45, 2.75) is 0 Å². The molecule has 0 radical (unpaired) electrons. The smallest absolute Gasteiger partial charge is 0.201 e. The van der Waals surface area contributed by atoms with E-state index in [0.717, 1.165) is 17.1 Å². The molecule has 14 heavy (non-hydrogen) atoms. The van der Waals surface area contributed by atoms with E-state index >= 15 is 0 Å². The maximum atomic E-state index is 4.19. The van der Waals surface area contributed by atoms with Crippen LogP contribution in [0.4, 0.5) is 5.82 Å². The Morgan fingerprint density at radius 2 is 2.00 bits per heavy atom. The van der Waals surface area contributed by atoms with Gasteiger partial charge in [0.1, 0.15) is 11.4 Å². The molecule has 0 aliphatic carbocycles. The number of imidazole rings is 2. The Morgan fingerprint density at radius 3 is 3.00 bits per heavy atom.